The minimum atomic E-state index is -0.0312. The molecule has 0 aromatic heterocycles. The number of hydrogen-bond acceptors (Lipinski definition) is 2. The molecule has 1 heterocycles. The molecule has 1 aliphatic heterocycles. The molecule has 1 saturated heterocycles. The van der Waals surface area contributed by atoms with Crippen molar-refractivity contribution in [3.63, 3.8) is 0 Å². The van der Waals surface area contributed by atoms with Crippen molar-refractivity contribution >= 4 is 5.91 Å². The molecule has 1 aliphatic rings. The zero-order valence-corrected chi connectivity index (χ0v) is 13.0. The van der Waals surface area contributed by atoms with Gasteiger partial charge in [0, 0.05) is 6.92 Å². The van der Waals surface area contributed by atoms with Crippen LogP contribution in [0.2, 0.25) is 0 Å². The van der Waals surface area contributed by atoms with Gasteiger partial charge in [0.15, 0.2) is 0 Å². The first-order valence-corrected chi connectivity index (χ1v) is 7.69. The molecule has 3 heteroatoms. The van der Waals surface area contributed by atoms with E-state index in [9.17, 15) is 4.79 Å². The Labute approximate surface area is 131 Å². The molecule has 0 N–H and O–H groups in total. The number of nitrogens with zero attached hydrogens (tertiary/aromatic N) is 1. The lowest BCUT2D eigenvalue weighted by molar-refractivity contribution is -0.167. The molecule has 1 amide bonds. The molecule has 3 atom stereocenters. The van der Waals surface area contributed by atoms with E-state index >= 15 is 0 Å². The molecule has 3 nitrogen and oxygen atoms in total. The fourth-order valence-electron chi connectivity index (χ4n) is 3.15. The van der Waals surface area contributed by atoms with Gasteiger partial charge in [-0.3, -0.25) is 4.79 Å². The van der Waals surface area contributed by atoms with E-state index in [0.29, 0.717) is 6.61 Å². The van der Waals surface area contributed by atoms with Gasteiger partial charge in [-0.05, 0) is 18.1 Å². The molecule has 114 valence electrons. The molecule has 2 aromatic carbocycles. The third-order valence-electron chi connectivity index (χ3n) is 4.34. The van der Waals surface area contributed by atoms with E-state index in [4.69, 9.17) is 4.74 Å². The van der Waals surface area contributed by atoms with Crippen molar-refractivity contribution in [2.75, 3.05) is 6.61 Å². The Hall–Kier alpha value is -2.13. The van der Waals surface area contributed by atoms with E-state index in [0.717, 1.165) is 11.1 Å². The highest BCUT2D eigenvalue weighted by Gasteiger charge is 2.41. The van der Waals surface area contributed by atoms with Crippen molar-refractivity contribution in [2.24, 2.45) is 0 Å². The standard InChI is InChI=1S/C19H21NO2/c1-14(16-9-5-3-6-10-16)20(15(2)21)18-13-22-19(18)17-11-7-4-8-12-17/h3-12,14,18-19H,13H2,1-2H3/t14-,18-,19-/m1/s1. The maximum absolute atomic E-state index is 12.2. The second-order valence-electron chi connectivity index (χ2n) is 5.74. The molecular weight excluding hydrogens is 274 g/mol. The Bertz CT molecular complexity index is 626. The fraction of sp³-hybridized carbons (Fsp3) is 0.316. The van der Waals surface area contributed by atoms with Crippen molar-refractivity contribution in [3.8, 4) is 0 Å². The van der Waals surface area contributed by atoms with Crippen LogP contribution in [-0.2, 0) is 9.53 Å². The third-order valence-corrected chi connectivity index (χ3v) is 4.34. The number of rotatable bonds is 4. The highest BCUT2D eigenvalue weighted by atomic mass is 16.5. The predicted molar refractivity (Wildman–Crippen MR) is 86.3 cm³/mol. The molecular formula is C19H21NO2. The Morgan fingerprint density at radius 2 is 1.68 bits per heavy atom. The summed E-state index contributed by atoms with van der Waals surface area (Å²) in [5.41, 5.74) is 2.28. The monoisotopic (exact) mass is 295 g/mol. The summed E-state index contributed by atoms with van der Waals surface area (Å²) in [5, 5.41) is 0. The Kier molecular flexibility index (Phi) is 4.25. The van der Waals surface area contributed by atoms with Gasteiger partial charge in [0.05, 0.1) is 18.7 Å². The van der Waals surface area contributed by atoms with Gasteiger partial charge < -0.3 is 9.64 Å². The van der Waals surface area contributed by atoms with Gasteiger partial charge in [0.1, 0.15) is 6.10 Å². The highest BCUT2D eigenvalue weighted by molar-refractivity contribution is 5.74. The molecule has 2 aromatic rings. The lowest BCUT2D eigenvalue weighted by atomic mass is 9.94. The first kappa shape index (κ1) is 14.8. The number of hydrogen-bond donors (Lipinski definition) is 0. The van der Waals surface area contributed by atoms with Crippen molar-refractivity contribution in [1.82, 2.24) is 4.90 Å². The molecule has 22 heavy (non-hydrogen) atoms. The van der Waals surface area contributed by atoms with Crippen molar-refractivity contribution < 1.29 is 9.53 Å². The van der Waals surface area contributed by atoms with Gasteiger partial charge in [0.2, 0.25) is 5.91 Å². The van der Waals surface area contributed by atoms with Gasteiger partial charge in [-0.1, -0.05) is 60.7 Å². The van der Waals surface area contributed by atoms with Gasteiger partial charge in [-0.25, -0.2) is 0 Å². The van der Waals surface area contributed by atoms with Crippen LogP contribution in [0.15, 0.2) is 60.7 Å². The molecule has 0 unspecified atom stereocenters. The first-order valence-electron chi connectivity index (χ1n) is 7.69. The normalized spacial score (nSPS) is 21.7. The molecule has 0 bridgehead atoms. The number of benzene rings is 2. The number of ether oxygens (including phenoxy) is 1. The van der Waals surface area contributed by atoms with Crippen LogP contribution in [0.4, 0.5) is 0 Å². The average molecular weight is 295 g/mol. The van der Waals surface area contributed by atoms with Crippen molar-refractivity contribution in [3.05, 3.63) is 71.8 Å². The van der Waals surface area contributed by atoms with Gasteiger partial charge in [-0.2, -0.15) is 0 Å². The van der Waals surface area contributed by atoms with Gasteiger partial charge in [-0.15, -0.1) is 0 Å². The van der Waals surface area contributed by atoms with Crippen LogP contribution in [-0.4, -0.2) is 23.5 Å². The smallest absolute Gasteiger partial charge is 0.220 e. The minimum Gasteiger partial charge on any atom is -0.369 e. The first-order chi connectivity index (χ1) is 10.7. The topological polar surface area (TPSA) is 29.5 Å². The van der Waals surface area contributed by atoms with Crippen LogP contribution >= 0.6 is 0 Å². The van der Waals surface area contributed by atoms with E-state index in [1.165, 1.54) is 0 Å². The van der Waals surface area contributed by atoms with Crippen molar-refractivity contribution in [1.29, 1.82) is 0 Å². The molecule has 1 fully saturated rings. The molecule has 0 saturated carbocycles. The second-order valence-corrected chi connectivity index (χ2v) is 5.74. The average Bonchev–Trinajstić information content (AvgIpc) is 2.52. The second kappa shape index (κ2) is 6.32. The quantitative estimate of drug-likeness (QED) is 0.860. The lowest BCUT2D eigenvalue weighted by Crippen LogP contribution is -2.53. The van der Waals surface area contributed by atoms with E-state index < -0.39 is 0 Å². The number of carbonyl (C=O) groups excluding carboxylic acids is 1. The zero-order valence-electron chi connectivity index (χ0n) is 13.0. The molecule has 3 rings (SSSR count). The fourth-order valence-corrected chi connectivity index (χ4v) is 3.15. The summed E-state index contributed by atoms with van der Waals surface area (Å²) in [6.45, 7) is 4.31. The van der Waals surface area contributed by atoms with Crippen LogP contribution in [0.1, 0.15) is 37.1 Å². The van der Waals surface area contributed by atoms with Crippen LogP contribution < -0.4 is 0 Å². The Morgan fingerprint density at radius 3 is 2.18 bits per heavy atom. The van der Waals surface area contributed by atoms with Crippen LogP contribution in [0.3, 0.4) is 0 Å². The Balaban J connectivity index is 1.84. The summed E-state index contributed by atoms with van der Waals surface area (Å²) in [4.78, 5) is 14.2. The van der Waals surface area contributed by atoms with Crippen LogP contribution in [0.5, 0.6) is 0 Å². The Morgan fingerprint density at radius 1 is 1.09 bits per heavy atom. The minimum absolute atomic E-state index is 0.0312. The summed E-state index contributed by atoms with van der Waals surface area (Å²) in [6.07, 6.45) is -0.0312. The highest BCUT2D eigenvalue weighted by Crippen LogP contribution is 2.37. The summed E-state index contributed by atoms with van der Waals surface area (Å²) in [5.74, 6) is 0.0885. The molecule has 0 aliphatic carbocycles. The largest absolute Gasteiger partial charge is 0.369 e. The molecule has 0 radical (unpaired) electrons. The predicted octanol–water partition coefficient (Wildman–Crippen LogP) is 3.74. The van der Waals surface area contributed by atoms with Crippen LogP contribution in [0, 0.1) is 0 Å². The van der Waals surface area contributed by atoms with Crippen molar-refractivity contribution in [2.45, 2.75) is 32.0 Å². The number of carbonyl (C=O) groups is 1. The maximum Gasteiger partial charge on any atom is 0.220 e. The maximum atomic E-state index is 12.2. The van der Waals surface area contributed by atoms with E-state index in [2.05, 4.69) is 31.2 Å². The van der Waals surface area contributed by atoms with E-state index in [1.807, 2.05) is 41.3 Å². The SMILES string of the molecule is CC(=O)N([C@H](C)c1ccccc1)[C@@H]1CO[C@@H]1c1ccccc1. The lowest BCUT2D eigenvalue weighted by Gasteiger charge is -2.46. The number of amides is 1. The summed E-state index contributed by atoms with van der Waals surface area (Å²) < 4.78 is 5.75. The summed E-state index contributed by atoms with van der Waals surface area (Å²) in [7, 11) is 0. The third kappa shape index (κ3) is 2.77. The molecule has 0 spiro atoms. The van der Waals surface area contributed by atoms with E-state index in [1.54, 1.807) is 6.92 Å². The van der Waals surface area contributed by atoms with Crippen LogP contribution in [0.25, 0.3) is 0 Å². The summed E-state index contributed by atoms with van der Waals surface area (Å²) in [6, 6.07) is 20.4. The van der Waals surface area contributed by atoms with Gasteiger partial charge >= 0.3 is 0 Å². The van der Waals surface area contributed by atoms with Gasteiger partial charge in [0.25, 0.3) is 0 Å². The summed E-state index contributed by atoms with van der Waals surface area (Å²) >= 11 is 0. The van der Waals surface area contributed by atoms with E-state index in [-0.39, 0.29) is 24.1 Å². The zero-order chi connectivity index (χ0) is 15.5.